The van der Waals surface area contributed by atoms with Crippen molar-refractivity contribution in [3.63, 3.8) is 0 Å². The second-order valence-corrected chi connectivity index (χ2v) is 5.36. The highest BCUT2D eigenvalue weighted by molar-refractivity contribution is 5.69. The van der Waals surface area contributed by atoms with Crippen LogP contribution in [0.15, 0.2) is 48.5 Å². The van der Waals surface area contributed by atoms with Gasteiger partial charge in [0.25, 0.3) is 0 Å². The molecule has 1 aliphatic rings. The third-order valence-electron chi connectivity index (χ3n) is 3.75. The van der Waals surface area contributed by atoms with E-state index in [4.69, 9.17) is 15.2 Å². The van der Waals surface area contributed by atoms with Crippen molar-refractivity contribution in [1.82, 2.24) is 4.90 Å². The highest BCUT2D eigenvalue weighted by atomic mass is 16.6. The van der Waals surface area contributed by atoms with Crippen molar-refractivity contribution in [1.29, 1.82) is 0 Å². The number of likely N-dealkylation sites (N-methyl/N-ethyl adjacent to an activating group) is 1. The molecule has 0 aromatic heterocycles. The number of hydrogen-bond acceptors (Lipinski definition) is 4. The Morgan fingerprint density at radius 3 is 2.27 bits per heavy atom. The Balaban J connectivity index is 1.63. The van der Waals surface area contributed by atoms with Gasteiger partial charge in [-0.25, -0.2) is 4.79 Å². The summed E-state index contributed by atoms with van der Waals surface area (Å²) < 4.78 is 10.8. The van der Waals surface area contributed by atoms with Gasteiger partial charge in [0.05, 0.1) is 6.04 Å². The molecule has 0 saturated carbocycles. The van der Waals surface area contributed by atoms with Gasteiger partial charge in [-0.1, -0.05) is 12.1 Å². The first-order valence-corrected chi connectivity index (χ1v) is 7.14. The van der Waals surface area contributed by atoms with Crippen molar-refractivity contribution in [2.24, 2.45) is 0 Å². The third kappa shape index (κ3) is 3.14. The van der Waals surface area contributed by atoms with Crippen molar-refractivity contribution in [3.8, 4) is 11.5 Å². The maximum atomic E-state index is 11.3. The summed E-state index contributed by atoms with van der Waals surface area (Å²) >= 11 is 0. The van der Waals surface area contributed by atoms with Gasteiger partial charge in [-0.2, -0.15) is 0 Å². The number of rotatable bonds is 4. The highest BCUT2D eigenvalue weighted by Crippen LogP contribution is 2.23. The normalized spacial score (nSPS) is 17.4. The van der Waals surface area contributed by atoms with Crippen LogP contribution in [0.2, 0.25) is 0 Å². The van der Waals surface area contributed by atoms with Gasteiger partial charge in [-0.15, -0.1) is 0 Å². The Morgan fingerprint density at radius 2 is 1.73 bits per heavy atom. The minimum Gasteiger partial charge on any atom is -0.457 e. The summed E-state index contributed by atoms with van der Waals surface area (Å²) in [5.41, 5.74) is 7.49. The monoisotopic (exact) mass is 298 g/mol. The summed E-state index contributed by atoms with van der Waals surface area (Å²) in [7, 11) is 1.76. The van der Waals surface area contributed by atoms with Gasteiger partial charge < -0.3 is 20.1 Å². The van der Waals surface area contributed by atoms with Crippen molar-refractivity contribution < 1.29 is 14.3 Å². The Bertz CT molecular complexity index is 653. The molecule has 2 aromatic rings. The van der Waals surface area contributed by atoms with Gasteiger partial charge in [0, 0.05) is 12.7 Å². The molecule has 1 fully saturated rings. The predicted molar refractivity (Wildman–Crippen MR) is 84.0 cm³/mol. The number of benzene rings is 2. The molecule has 22 heavy (non-hydrogen) atoms. The summed E-state index contributed by atoms with van der Waals surface area (Å²) in [5, 5.41) is 0. The zero-order chi connectivity index (χ0) is 15.5. The fourth-order valence-corrected chi connectivity index (χ4v) is 2.36. The molecule has 2 N–H and O–H groups in total. The Kier molecular flexibility index (Phi) is 3.87. The van der Waals surface area contributed by atoms with E-state index in [-0.39, 0.29) is 12.1 Å². The minimum absolute atomic E-state index is 0.0939. The number of nitrogen functional groups attached to an aromatic ring is 1. The van der Waals surface area contributed by atoms with Crippen LogP contribution >= 0.6 is 0 Å². The van der Waals surface area contributed by atoms with Crippen LogP contribution < -0.4 is 10.5 Å². The molecule has 1 atom stereocenters. The van der Waals surface area contributed by atoms with Crippen LogP contribution in [-0.2, 0) is 11.2 Å². The lowest BCUT2D eigenvalue weighted by atomic mass is 10.1. The van der Waals surface area contributed by atoms with E-state index in [9.17, 15) is 4.79 Å². The topological polar surface area (TPSA) is 64.8 Å². The number of ether oxygens (including phenoxy) is 2. The summed E-state index contributed by atoms with van der Waals surface area (Å²) in [6, 6.07) is 15.2. The van der Waals surface area contributed by atoms with Crippen LogP contribution in [0.3, 0.4) is 0 Å². The maximum Gasteiger partial charge on any atom is 0.409 e. The van der Waals surface area contributed by atoms with Crippen LogP contribution in [0.25, 0.3) is 0 Å². The molecule has 1 saturated heterocycles. The summed E-state index contributed by atoms with van der Waals surface area (Å²) in [4.78, 5) is 13.0. The second kappa shape index (κ2) is 5.97. The Hall–Kier alpha value is -2.69. The average molecular weight is 298 g/mol. The van der Waals surface area contributed by atoms with Crippen LogP contribution in [0.5, 0.6) is 11.5 Å². The van der Waals surface area contributed by atoms with E-state index in [0.717, 1.165) is 23.5 Å². The highest BCUT2D eigenvalue weighted by Gasteiger charge is 2.29. The van der Waals surface area contributed by atoms with Crippen LogP contribution in [-0.4, -0.2) is 30.7 Å². The standard InChI is InChI=1S/C17H18N2O3/c1-19-14(11-21-17(19)20)10-12-2-6-15(7-3-12)22-16-8-4-13(18)5-9-16/h2-9,14H,10-11,18H2,1H3. The quantitative estimate of drug-likeness (QED) is 0.881. The fourth-order valence-electron chi connectivity index (χ4n) is 2.36. The van der Waals surface area contributed by atoms with E-state index in [1.54, 1.807) is 24.1 Å². The molecule has 5 heteroatoms. The predicted octanol–water partition coefficient (Wildman–Crippen LogP) is 3.05. The summed E-state index contributed by atoms with van der Waals surface area (Å²) in [6.45, 7) is 0.443. The van der Waals surface area contributed by atoms with Crippen LogP contribution in [0.1, 0.15) is 5.56 Å². The Labute approximate surface area is 129 Å². The van der Waals surface area contributed by atoms with Gasteiger partial charge in [0.1, 0.15) is 18.1 Å². The van der Waals surface area contributed by atoms with Crippen molar-refractivity contribution in [2.45, 2.75) is 12.5 Å². The van der Waals surface area contributed by atoms with E-state index in [2.05, 4.69) is 0 Å². The molecule has 1 aliphatic heterocycles. The largest absolute Gasteiger partial charge is 0.457 e. The van der Waals surface area contributed by atoms with E-state index >= 15 is 0 Å². The molecular formula is C17H18N2O3. The van der Waals surface area contributed by atoms with Gasteiger partial charge in [-0.05, 0) is 48.4 Å². The van der Waals surface area contributed by atoms with Crippen LogP contribution in [0.4, 0.5) is 10.5 Å². The summed E-state index contributed by atoms with van der Waals surface area (Å²) in [6.07, 6.45) is 0.512. The average Bonchev–Trinajstić information content (AvgIpc) is 2.84. The van der Waals surface area contributed by atoms with E-state index in [1.165, 1.54) is 0 Å². The van der Waals surface area contributed by atoms with Gasteiger partial charge in [0.15, 0.2) is 0 Å². The number of anilines is 1. The molecular weight excluding hydrogens is 280 g/mol. The minimum atomic E-state index is -0.256. The molecule has 1 amide bonds. The van der Waals surface area contributed by atoms with E-state index in [0.29, 0.717) is 12.3 Å². The van der Waals surface area contributed by atoms with Crippen molar-refractivity contribution >= 4 is 11.8 Å². The number of amides is 1. The molecule has 114 valence electrons. The molecule has 0 radical (unpaired) electrons. The lowest BCUT2D eigenvalue weighted by Gasteiger charge is -2.16. The fraction of sp³-hybridized carbons (Fsp3) is 0.235. The maximum absolute atomic E-state index is 11.3. The first-order valence-electron chi connectivity index (χ1n) is 7.14. The van der Waals surface area contributed by atoms with Gasteiger partial charge >= 0.3 is 6.09 Å². The van der Waals surface area contributed by atoms with Gasteiger partial charge in [-0.3, -0.25) is 0 Å². The lowest BCUT2D eigenvalue weighted by Crippen LogP contribution is -2.30. The van der Waals surface area contributed by atoms with Gasteiger partial charge in [0.2, 0.25) is 0 Å². The first-order chi connectivity index (χ1) is 10.6. The molecule has 1 heterocycles. The third-order valence-corrected chi connectivity index (χ3v) is 3.75. The van der Waals surface area contributed by atoms with E-state index < -0.39 is 0 Å². The molecule has 0 spiro atoms. The number of cyclic esters (lactones) is 1. The van der Waals surface area contributed by atoms with Crippen molar-refractivity contribution in [2.75, 3.05) is 19.4 Å². The molecule has 2 aromatic carbocycles. The number of carbonyl (C=O) groups is 1. The first kappa shape index (κ1) is 14.3. The number of hydrogen-bond donors (Lipinski definition) is 1. The molecule has 0 bridgehead atoms. The van der Waals surface area contributed by atoms with E-state index in [1.807, 2.05) is 36.4 Å². The number of nitrogens with zero attached hydrogens (tertiary/aromatic N) is 1. The zero-order valence-electron chi connectivity index (χ0n) is 12.4. The van der Waals surface area contributed by atoms with Crippen molar-refractivity contribution in [3.05, 3.63) is 54.1 Å². The molecule has 0 aliphatic carbocycles. The Morgan fingerprint density at radius 1 is 1.14 bits per heavy atom. The molecule has 1 unspecified atom stereocenters. The lowest BCUT2D eigenvalue weighted by molar-refractivity contribution is 0.163. The smallest absolute Gasteiger partial charge is 0.409 e. The molecule has 3 rings (SSSR count). The molecule has 5 nitrogen and oxygen atoms in total. The number of nitrogens with two attached hydrogens (primary N) is 1. The second-order valence-electron chi connectivity index (χ2n) is 5.36. The number of carbonyl (C=O) groups excluding carboxylic acids is 1. The zero-order valence-corrected chi connectivity index (χ0v) is 12.4. The summed E-state index contributed by atoms with van der Waals surface area (Å²) in [5.74, 6) is 1.51. The SMILES string of the molecule is CN1C(=O)OCC1Cc1ccc(Oc2ccc(N)cc2)cc1. The van der Waals surface area contributed by atoms with Crippen LogP contribution in [0, 0.1) is 0 Å².